The van der Waals surface area contributed by atoms with Crippen molar-refractivity contribution in [3.05, 3.63) is 0 Å². The van der Waals surface area contributed by atoms with Gasteiger partial charge in [0.15, 0.2) is 0 Å². The van der Waals surface area contributed by atoms with Gasteiger partial charge in [-0.05, 0) is 56.4 Å². The average Bonchev–Trinajstić information content (AvgIpc) is 2.34. The largest absolute Gasteiger partial charge is 0.327 e. The summed E-state index contributed by atoms with van der Waals surface area (Å²) in [5, 5.41) is 0. The van der Waals surface area contributed by atoms with Crippen LogP contribution < -0.4 is 5.73 Å². The zero-order valence-electron chi connectivity index (χ0n) is 13.4. The molecule has 0 aromatic heterocycles. The van der Waals surface area contributed by atoms with Crippen molar-refractivity contribution in [2.24, 2.45) is 29.4 Å². The zero-order valence-corrected chi connectivity index (χ0v) is 13.4. The van der Waals surface area contributed by atoms with Crippen LogP contribution in [0.2, 0.25) is 0 Å². The molecular weight excluding hydrogens is 232 g/mol. The second kappa shape index (κ2) is 6.58. The lowest BCUT2D eigenvalue weighted by atomic mass is 9.72. The molecule has 0 amide bonds. The van der Waals surface area contributed by atoms with Crippen LogP contribution in [0.3, 0.4) is 0 Å². The summed E-state index contributed by atoms with van der Waals surface area (Å²) in [6.07, 6.45) is 8.25. The standard InChI is InChI=1S/C17H34N2/c1-12-9-14(3)15(16(18)10-12)11-19(4)17-8-6-5-7-13(17)2/h12-17H,5-11,18H2,1-4H3. The van der Waals surface area contributed by atoms with Gasteiger partial charge in [0.1, 0.15) is 0 Å². The van der Waals surface area contributed by atoms with Crippen LogP contribution in [0, 0.1) is 23.7 Å². The molecule has 2 N–H and O–H groups in total. The fourth-order valence-corrected chi connectivity index (χ4v) is 4.70. The Morgan fingerprint density at radius 3 is 2.32 bits per heavy atom. The van der Waals surface area contributed by atoms with E-state index in [0.29, 0.717) is 12.0 Å². The van der Waals surface area contributed by atoms with Crippen molar-refractivity contribution in [3.63, 3.8) is 0 Å². The smallest absolute Gasteiger partial charge is 0.0118 e. The van der Waals surface area contributed by atoms with Gasteiger partial charge < -0.3 is 10.6 Å². The molecule has 0 saturated heterocycles. The van der Waals surface area contributed by atoms with E-state index in [2.05, 4.69) is 32.7 Å². The molecule has 0 radical (unpaired) electrons. The van der Waals surface area contributed by atoms with Crippen molar-refractivity contribution in [1.29, 1.82) is 0 Å². The van der Waals surface area contributed by atoms with Crippen molar-refractivity contribution >= 4 is 0 Å². The van der Waals surface area contributed by atoms with E-state index in [1.807, 2.05) is 0 Å². The minimum atomic E-state index is 0.417. The number of hydrogen-bond donors (Lipinski definition) is 1. The molecule has 6 atom stereocenters. The van der Waals surface area contributed by atoms with E-state index in [1.54, 1.807) is 0 Å². The second-order valence-electron chi connectivity index (χ2n) is 7.65. The fourth-order valence-electron chi connectivity index (χ4n) is 4.70. The lowest BCUT2D eigenvalue weighted by Gasteiger charge is -2.43. The predicted molar refractivity (Wildman–Crippen MR) is 83.1 cm³/mol. The van der Waals surface area contributed by atoms with E-state index < -0.39 is 0 Å². The highest BCUT2D eigenvalue weighted by molar-refractivity contribution is 4.89. The van der Waals surface area contributed by atoms with E-state index in [0.717, 1.165) is 23.8 Å². The third kappa shape index (κ3) is 3.72. The summed E-state index contributed by atoms with van der Waals surface area (Å²) in [5.41, 5.74) is 6.45. The molecule has 19 heavy (non-hydrogen) atoms. The Bertz CT molecular complexity index is 266. The molecule has 2 saturated carbocycles. The van der Waals surface area contributed by atoms with Crippen molar-refractivity contribution < 1.29 is 0 Å². The summed E-state index contributed by atoms with van der Waals surface area (Å²) < 4.78 is 0. The molecule has 2 fully saturated rings. The van der Waals surface area contributed by atoms with Gasteiger partial charge in [0.2, 0.25) is 0 Å². The van der Waals surface area contributed by atoms with E-state index in [-0.39, 0.29) is 0 Å². The molecular formula is C17H34N2. The van der Waals surface area contributed by atoms with Crippen LogP contribution in [0.25, 0.3) is 0 Å². The second-order valence-corrected chi connectivity index (χ2v) is 7.65. The molecule has 2 aliphatic carbocycles. The first-order chi connectivity index (χ1) is 8.99. The Kier molecular flexibility index (Phi) is 5.30. The first kappa shape index (κ1) is 15.3. The van der Waals surface area contributed by atoms with Crippen LogP contribution in [-0.2, 0) is 0 Å². The van der Waals surface area contributed by atoms with Gasteiger partial charge in [-0.3, -0.25) is 0 Å². The maximum atomic E-state index is 6.45. The predicted octanol–water partition coefficient (Wildman–Crippen LogP) is 3.51. The number of nitrogens with zero attached hydrogens (tertiary/aromatic N) is 1. The summed E-state index contributed by atoms with van der Waals surface area (Å²) >= 11 is 0. The number of nitrogens with two attached hydrogens (primary N) is 1. The van der Waals surface area contributed by atoms with Crippen LogP contribution in [0.4, 0.5) is 0 Å². The first-order valence-corrected chi connectivity index (χ1v) is 8.44. The maximum absolute atomic E-state index is 6.45. The van der Waals surface area contributed by atoms with E-state index in [1.165, 1.54) is 45.1 Å². The summed E-state index contributed by atoms with van der Waals surface area (Å²) in [5.74, 6) is 3.18. The van der Waals surface area contributed by atoms with Crippen molar-refractivity contribution in [2.75, 3.05) is 13.6 Å². The Morgan fingerprint density at radius 1 is 1.00 bits per heavy atom. The van der Waals surface area contributed by atoms with E-state index in [9.17, 15) is 0 Å². The molecule has 2 nitrogen and oxygen atoms in total. The average molecular weight is 266 g/mol. The van der Waals surface area contributed by atoms with Gasteiger partial charge in [-0.25, -0.2) is 0 Å². The summed E-state index contributed by atoms with van der Waals surface area (Å²) in [6, 6.07) is 1.22. The summed E-state index contributed by atoms with van der Waals surface area (Å²) in [7, 11) is 2.34. The van der Waals surface area contributed by atoms with Crippen LogP contribution >= 0.6 is 0 Å². The quantitative estimate of drug-likeness (QED) is 0.847. The molecule has 0 heterocycles. The van der Waals surface area contributed by atoms with Crippen LogP contribution in [0.15, 0.2) is 0 Å². The molecule has 2 rings (SSSR count). The van der Waals surface area contributed by atoms with Crippen LogP contribution in [0.5, 0.6) is 0 Å². The maximum Gasteiger partial charge on any atom is 0.0118 e. The molecule has 0 bridgehead atoms. The Balaban J connectivity index is 1.91. The lowest BCUT2D eigenvalue weighted by Crippen LogP contribution is -2.49. The van der Waals surface area contributed by atoms with Gasteiger partial charge in [0, 0.05) is 18.6 Å². The molecule has 2 heteroatoms. The molecule has 112 valence electrons. The van der Waals surface area contributed by atoms with Crippen molar-refractivity contribution in [3.8, 4) is 0 Å². The van der Waals surface area contributed by atoms with E-state index in [4.69, 9.17) is 5.73 Å². The normalized spacial score (nSPS) is 44.5. The third-order valence-electron chi connectivity index (χ3n) is 5.86. The summed E-state index contributed by atoms with van der Waals surface area (Å²) in [4.78, 5) is 2.64. The van der Waals surface area contributed by atoms with Gasteiger partial charge in [-0.15, -0.1) is 0 Å². The SMILES string of the molecule is CC1CC(C)C(CN(C)C2CCCCC2C)C(N)C1. The minimum absolute atomic E-state index is 0.417. The van der Waals surface area contributed by atoms with Gasteiger partial charge in [-0.1, -0.05) is 33.6 Å². The van der Waals surface area contributed by atoms with Gasteiger partial charge in [-0.2, -0.15) is 0 Å². The monoisotopic (exact) mass is 266 g/mol. The van der Waals surface area contributed by atoms with Crippen molar-refractivity contribution in [2.45, 2.75) is 71.4 Å². The van der Waals surface area contributed by atoms with Crippen LogP contribution in [-0.4, -0.2) is 30.6 Å². The number of hydrogen-bond acceptors (Lipinski definition) is 2. The van der Waals surface area contributed by atoms with Gasteiger partial charge in [0.05, 0.1) is 0 Å². The van der Waals surface area contributed by atoms with E-state index >= 15 is 0 Å². The first-order valence-electron chi connectivity index (χ1n) is 8.44. The highest BCUT2D eigenvalue weighted by Gasteiger charge is 2.34. The Morgan fingerprint density at radius 2 is 1.68 bits per heavy atom. The molecule has 6 unspecified atom stereocenters. The topological polar surface area (TPSA) is 29.3 Å². The fraction of sp³-hybridized carbons (Fsp3) is 1.00. The molecule has 2 aliphatic rings. The minimum Gasteiger partial charge on any atom is -0.327 e. The van der Waals surface area contributed by atoms with Gasteiger partial charge >= 0.3 is 0 Å². The van der Waals surface area contributed by atoms with Crippen LogP contribution in [0.1, 0.15) is 59.3 Å². The third-order valence-corrected chi connectivity index (χ3v) is 5.86. The summed E-state index contributed by atoms with van der Waals surface area (Å²) in [6.45, 7) is 8.43. The molecule has 0 aromatic carbocycles. The van der Waals surface area contributed by atoms with Crippen molar-refractivity contribution in [1.82, 2.24) is 4.90 Å². The highest BCUT2D eigenvalue weighted by atomic mass is 15.1. The molecule has 0 aliphatic heterocycles. The Hall–Kier alpha value is -0.0800. The zero-order chi connectivity index (χ0) is 14.0. The van der Waals surface area contributed by atoms with Gasteiger partial charge in [0.25, 0.3) is 0 Å². The highest BCUT2D eigenvalue weighted by Crippen LogP contribution is 2.35. The molecule has 0 aromatic rings. The Labute approximate surface area is 120 Å². The number of rotatable bonds is 3. The lowest BCUT2D eigenvalue weighted by molar-refractivity contribution is 0.0760. The molecule has 0 spiro atoms.